The molecule has 0 aliphatic carbocycles. The average molecular weight is 329 g/mol. The third kappa shape index (κ3) is 3.31. The fourth-order valence-electron chi connectivity index (χ4n) is 3.33. The van der Waals surface area contributed by atoms with Gasteiger partial charge in [0.25, 0.3) is 5.91 Å². The normalized spacial score (nSPS) is 21.4. The third-order valence-corrected chi connectivity index (χ3v) is 5.42. The first-order chi connectivity index (χ1) is 11.1. The van der Waals surface area contributed by atoms with E-state index in [9.17, 15) is 4.79 Å². The van der Waals surface area contributed by atoms with Crippen molar-refractivity contribution < 1.29 is 4.79 Å². The summed E-state index contributed by atoms with van der Waals surface area (Å²) >= 11 is 1.62. The van der Waals surface area contributed by atoms with Crippen molar-refractivity contribution in [2.75, 3.05) is 13.1 Å². The number of likely N-dealkylation sites (tertiary alicyclic amines) is 1. The summed E-state index contributed by atoms with van der Waals surface area (Å²) in [6.45, 7) is 5.50. The Morgan fingerprint density at radius 2 is 2.30 bits per heavy atom. The minimum absolute atomic E-state index is 0.0841. The van der Waals surface area contributed by atoms with Crippen LogP contribution in [0.25, 0.3) is 11.3 Å². The van der Waals surface area contributed by atoms with E-state index in [-0.39, 0.29) is 11.9 Å². The van der Waals surface area contributed by atoms with Crippen LogP contribution in [0, 0.1) is 12.8 Å². The number of thiazole rings is 1. The Bertz CT molecular complexity index is 697. The highest BCUT2D eigenvalue weighted by Gasteiger charge is 2.31. The van der Waals surface area contributed by atoms with Crippen molar-refractivity contribution in [1.82, 2.24) is 9.88 Å². The van der Waals surface area contributed by atoms with Gasteiger partial charge in [0.2, 0.25) is 0 Å². The number of carbonyl (C=O) groups is 1. The lowest BCUT2D eigenvalue weighted by Crippen LogP contribution is -2.51. The molecule has 4 nitrogen and oxygen atoms in total. The Morgan fingerprint density at radius 3 is 3.00 bits per heavy atom. The predicted octanol–water partition coefficient (Wildman–Crippen LogP) is 3.32. The molecule has 1 aromatic heterocycles. The van der Waals surface area contributed by atoms with E-state index in [1.54, 1.807) is 11.3 Å². The van der Waals surface area contributed by atoms with E-state index in [1.165, 1.54) is 0 Å². The highest BCUT2D eigenvalue weighted by atomic mass is 32.1. The van der Waals surface area contributed by atoms with Gasteiger partial charge in [0.05, 0.1) is 10.7 Å². The van der Waals surface area contributed by atoms with Crippen LogP contribution in [0.15, 0.2) is 29.6 Å². The molecule has 0 bridgehead atoms. The van der Waals surface area contributed by atoms with Crippen molar-refractivity contribution in [2.45, 2.75) is 32.7 Å². The number of hydrogen-bond donors (Lipinski definition) is 1. The van der Waals surface area contributed by atoms with Crippen molar-refractivity contribution in [3.05, 3.63) is 40.2 Å². The summed E-state index contributed by atoms with van der Waals surface area (Å²) in [7, 11) is 0. The van der Waals surface area contributed by atoms with Crippen molar-refractivity contribution in [1.29, 1.82) is 0 Å². The van der Waals surface area contributed by atoms with E-state index in [1.807, 2.05) is 41.5 Å². The first kappa shape index (κ1) is 16.1. The molecule has 0 spiro atoms. The topological polar surface area (TPSA) is 59.2 Å². The third-order valence-electron chi connectivity index (χ3n) is 4.64. The summed E-state index contributed by atoms with van der Waals surface area (Å²) in [6, 6.07) is 7.91. The molecule has 2 N–H and O–H groups in total. The van der Waals surface area contributed by atoms with Gasteiger partial charge in [-0.2, -0.15) is 0 Å². The van der Waals surface area contributed by atoms with Crippen LogP contribution < -0.4 is 5.73 Å². The minimum Gasteiger partial charge on any atom is -0.334 e. The quantitative estimate of drug-likeness (QED) is 0.940. The zero-order valence-electron chi connectivity index (χ0n) is 13.7. The number of nitrogens with two attached hydrogens (primary N) is 1. The van der Waals surface area contributed by atoms with Crippen molar-refractivity contribution in [3.8, 4) is 11.3 Å². The Kier molecular flexibility index (Phi) is 4.78. The molecule has 1 aromatic carbocycles. The average Bonchev–Trinajstić information content (AvgIpc) is 3.00. The molecule has 2 heterocycles. The Labute approximate surface area is 141 Å². The fraction of sp³-hybridized carbons (Fsp3) is 0.444. The number of amides is 1. The van der Waals surface area contributed by atoms with Crippen LogP contribution in [-0.4, -0.2) is 34.9 Å². The lowest BCUT2D eigenvalue weighted by atomic mass is 9.90. The van der Waals surface area contributed by atoms with Gasteiger partial charge in [0.15, 0.2) is 0 Å². The molecule has 1 aliphatic rings. The number of aryl methyl sites for hydroxylation is 1. The molecular weight excluding hydrogens is 306 g/mol. The minimum atomic E-state index is 0.0841. The van der Waals surface area contributed by atoms with Gasteiger partial charge < -0.3 is 10.6 Å². The number of rotatable bonds is 3. The van der Waals surface area contributed by atoms with E-state index in [0.717, 1.165) is 41.2 Å². The molecule has 2 aromatic rings. The molecule has 1 aliphatic heterocycles. The largest absolute Gasteiger partial charge is 0.334 e. The molecule has 0 radical (unpaired) electrons. The first-order valence-corrected chi connectivity index (χ1v) is 9.01. The maximum atomic E-state index is 13.0. The zero-order chi connectivity index (χ0) is 16.4. The Hall–Kier alpha value is -1.72. The highest BCUT2D eigenvalue weighted by Crippen LogP contribution is 2.26. The van der Waals surface area contributed by atoms with Gasteiger partial charge >= 0.3 is 0 Å². The van der Waals surface area contributed by atoms with Crippen LogP contribution in [-0.2, 0) is 0 Å². The number of hydrogen-bond acceptors (Lipinski definition) is 4. The second kappa shape index (κ2) is 6.81. The number of aromatic nitrogens is 1. The zero-order valence-corrected chi connectivity index (χ0v) is 14.5. The van der Waals surface area contributed by atoms with Gasteiger partial charge in [-0.3, -0.25) is 4.79 Å². The van der Waals surface area contributed by atoms with Crippen LogP contribution >= 0.6 is 11.3 Å². The molecule has 0 saturated carbocycles. The second-order valence-electron chi connectivity index (χ2n) is 6.25. The van der Waals surface area contributed by atoms with Crippen molar-refractivity contribution >= 4 is 17.2 Å². The van der Waals surface area contributed by atoms with Crippen LogP contribution in [0.3, 0.4) is 0 Å². The van der Waals surface area contributed by atoms with Crippen molar-refractivity contribution in [2.24, 2.45) is 11.7 Å². The van der Waals surface area contributed by atoms with Crippen LogP contribution in [0.1, 0.15) is 35.1 Å². The SMILES string of the molecule is Cc1nc(-c2cccc(C(=O)N3CCC[C@H](C)[C@@H]3CN)c2)cs1. The molecule has 0 unspecified atom stereocenters. The van der Waals surface area contributed by atoms with Crippen LogP contribution in [0.5, 0.6) is 0 Å². The van der Waals surface area contributed by atoms with Gasteiger partial charge in [0, 0.05) is 35.6 Å². The van der Waals surface area contributed by atoms with Gasteiger partial charge in [0.1, 0.15) is 0 Å². The molecule has 23 heavy (non-hydrogen) atoms. The van der Waals surface area contributed by atoms with E-state index in [4.69, 9.17) is 5.73 Å². The molecular formula is C18H23N3OS. The molecule has 1 saturated heterocycles. The summed E-state index contributed by atoms with van der Waals surface area (Å²) < 4.78 is 0. The van der Waals surface area contributed by atoms with E-state index in [2.05, 4.69) is 11.9 Å². The van der Waals surface area contributed by atoms with Crippen LogP contribution in [0.2, 0.25) is 0 Å². The van der Waals surface area contributed by atoms with Crippen molar-refractivity contribution in [3.63, 3.8) is 0 Å². The van der Waals surface area contributed by atoms with Gasteiger partial charge in [-0.05, 0) is 37.8 Å². The lowest BCUT2D eigenvalue weighted by Gasteiger charge is -2.39. The number of benzene rings is 1. The summed E-state index contributed by atoms with van der Waals surface area (Å²) in [5, 5.41) is 3.06. The van der Waals surface area contributed by atoms with Gasteiger partial charge in [-0.1, -0.05) is 19.1 Å². The predicted molar refractivity (Wildman–Crippen MR) is 94.6 cm³/mol. The van der Waals surface area contributed by atoms with E-state index >= 15 is 0 Å². The van der Waals surface area contributed by atoms with E-state index < -0.39 is 0 Å². The Morgan fingerprint density at radius 1 is 1.48 bits per heavy atom. The first-order valence-electron chi connectivity index (χ1n) is 8.13. The number of carbonyl (C=O) groups excluding carboxylic acids is 1. The summed E-state index contributed by atoms with van der Waals surface area (Å²) in [5.41, 5.74) is 8.57. The maximum Gasteiger partial charge on any atom is 0.254 e. The molecule has 5 heteroatoms. The number of nitrogens with zero attached hydrogens (tertiary/aromatic N) is 2. The monoisotopic (exact) mass is 329 g/mol. The second-order valence-corrected chi connectivity index (χ2v) is 7.32. The summed E-state index contributed by atoms with van der Waals surface area (Å²) in [4.78, 5) is 19.4. The lowest BCUT2D eigenvalue weighted by molar-refractivity contribution is 0.0532. The van der Waals surface area contributed by atoms with Crippen LogP contribution in [0.4, 0.5) is 0 Å². The van der Waals surface area contributed by atoms with E-state index in [0.29, 0.717) is 12.5 Å². The van der Waals surface area contributed by atoms with Gasteiger partial charge in [-0.25, -0.2) is 4.98 Å². The molecule has 2 atom stereocenters. The smallest absolute Gasteiger partial charge is 0.254 e. The highest BCUT2D eigenvalue weighted by molar-refractivity contribution is 7.09. The summed E-state index contributed by atoms with van der Waals surface area (Å²) in [6.07, 6.45) is 2.19. The fourth-order valence-corrected chi connectivity index (χ4v) is 3.96. The molecule has 1 amide bonds. The van der Waals surface area contributed by atoms with Gasteiger partial charge in [-0.15, -0.1) is 11.3 Å². The number of piperidine rings is 1. The molecule has 3 rings (SSSR count). The Balaban J connectivity index is 1.87. The maximum absolute atomic E-state index is 13.0. The molecule has 122 valence electrons. The standard InChI is InChI=1S/C18H23N3OS/c1-12-5-4-8-21(17(12)10-19)18(22)15-7-3-6-14(9-15)16-11-23-13(2)20-16/h3,6-7,9,11-12,17H,4-5,8,10,19H2,1-2H3/t12-,17-/m0/s1. The molecule has 1 fully saturated rings. The summed E-state index contributed by atoms with van der Waals surface area (Å²) in [5.74, 6) is 0.544.